The Kier molecular flexibility index (Phi) is 6.02. The third-order valence-electron chi connectivity index (χ3n) is 4.89. The number of amides is 2. The first-order valence-corrected chi connectivity index (χ1v) is 9.08. The maximum Gasteiger partial charge on any atom is 0.240 e. The number of nitrogens with zero attached hydrogens (tertiary/aromatic N) is 1. The highest BCUT2D eigenvalue weighted by atomic mass is 19.1. The Morgan fingerprint density at radius 3 is 2.76 bits per heavy atom. The quantitative estimate of drug-likeness (QED) is 0.890. The zero-order valence-corrected chi connectivity index (χ0v) is 14.4. The van der Waals surface area contributed by atoms with Crippen molar-refractivity contribution in [2.24, 2.45) is 0 Å². The molecule has 0 saturated carbocycles. The van der Waals surface area contributed by atoms with E-state index in [1.165, 1.54) is 12.1 Å². The van der Waals surface area contributed by atoms with Gasteiger partial charge in [-0.25, -0.2) is 4.39 Å². The lowest BCUT2D eigenvalue weighted by Crippen LogP contribution is -2.44. The minimum absolute atomic E-state index is 0.0445. The first kappa shape index (κ1) is 17.9. The predicted molar refractivity (Wildman–Crippen MR) is 91.3 cm³/mol. The van der Waals surface area contributed by atoms with Crippen LogP contribution in [0.15, 0.2) is 24.3 Å². The van der Waals surface area contributed by atoms with E-state index in [0.717, 1.165) is 37.7 Å². The molecule has 5 nitrogen and oxygen atoms in total. The number of halogens is 1. The molecule has 0 spiro atoms. The van der Waals surface area contributed by atoms with Crippen LogP contribution in [0.3, 0.4) is 0 Å². The van der Waals surface area contributed by atoms with Gasteiger partial charge in [0.15, 0.2) is 0 Å². The second-order valence-electron chi connectivity index (χ2n) is 6.77. The molecule has 6 heteroatoms. The van der Waals surface area contributed by atoms with Crippen LogP contribution in [0.4, 0.5) is 4.39 Å². The number of carbonyl (C=O) groups excluding carboxylic acids is 2. The number of carbonyl (C=O) groups is 2. The molecule has 2 aliphatic rings. The molecule has 3 rings (SSSR count). The Hall–Kier alpha value is -1.95. The Bertz CT molecular complexity index is 599. The van der Waals surface area contributed by atoms with Gasteiger partial charge in [-0.05, 0) is 43.4 Å². The molecule has 2 amide bonds. The molecule has 0 bridgehead atoms. The summed E-state index contributed by atoms with van der Waals surface area (Å²) in [5.74, 6) is -0.459. The first-order valence-electron chi connectivity index (χ1n) is 9.08. The molecule has 2 aliphatic heterocycles. The molecular formula is C19H25FN2O3. The highest BCUT2D eigenvalue weighted by Crippen LogP contribution is 2.27. The van der Waals surface area contributed by atoms with E-state index in [1.54, 1.807) is 17.0 Å². The fraction of sp³-hybridized carbons (Fsp3) is 0.579. The van der Waals surface area contributed by atoms with Crippen molar-refractivity contribution in [2.75, 3.05) is 19.7 Å². The van der Waals surface area contributed by atoms with Gasteiger partial charge in [0, 0.05) is 19.6 Å². The topological polar surface area (TPSA) is 58.6 Å². The van der Waals surface area contributed by atoms with E-state index < -0.39 is 0 Å². The molecule has 2 atom stereocenters. The first-order chi connectivity index (χ1) is 12.1. The fourth-order valence-electron chi connectivity index (χ4n) is 3.52. The summed E-state index contributed by atoms with van der Waals surface area (Å²) in [7, 11) is 0. The maximum atomic E-state index is 13.2. The summed E-state index contributed by atoms with van der Waals surface area (Å²) in [6.45, 7) is 1.37. The molecule has 1 aromatic carbocycles. The Morgan fingerprint density at radius 2 is 2.04 bits per heavy atom. The van der Waals surface area contributed by atoms with Crippen molar-refractivity contribution in [1.82, 2.24) is 10.2 Å². The number of ether oxygens (including phenoxy) is 1. The highest BCUT2D eigenvalue weighted by molar-refractivity contribution is 5.85. The van der Waals surface area contributed by atoms with Gasteiger partial charge < -0.3 is 15.0 Å². The molecule has 0 unspecified atom stereocenters. The van der Waals surface area contributed by atoms with E-state index in [2.05, 4.69) is 5.32 Å². The molecule has 0 aromatic heterocycles. The summed E-state index contributed by atoms with van der Waals surface area (Å²) in [6, 6.07) is 5.82. The van der Waals surface area contributed by atoms with Gasteiger partial charge in [-0.15, -0.1) is 0 Å². The highest BCUT2D eigenvalue weighted by Gasteiger charge is 2.29. The fourth-order valence-corrected chi connectivity index (χ4v) is 3.52. The van der Waals surface area contributed by atoms with Crippen LogP contribution < -0.4 is 5.32 Å². The lowest BCUT2D eigenvalue weighted by molar-refractivity contribution is -0.136. The molecule has 2 heterocycles. The lowest BCUT2D eigenvalue weighted by Gasteiger charge is -2.27. The zero-order valence-electron chi connectivity index (χ0n) is 14.4. The number of benzene rings is 1. The SMILES string of the molecule is O=C(CN1CCCCCC1=O)N[C@@H](c1ccc(F)cc1)[C@H]1CCCO1. The normalized spacial score (nSPS) is 22.5. The molecule has 1 aromatic rings. The lowest BCUT2D eigenvalue weighted by atomic mass is 9.99. The van der Waals surface area contributed by atoms with Gasteiger partial charge in [0.05, 0.1) is 18.7 Å². The van der Waals surface area contributed by atoms with Crippen LogP contribution in [0.25, 0.3) is 0 Å². The minimum Gasteiger partial charge on any atom is -0.376 e. The second kappa shape index (κ2) is 8.43. The number of rotatable bonds is 5. The van der Waals surface area contributed by atoms with Crippen LogP contribution in [0.2, 0.25) is 0 Å². The van der Waals surface area contributed by atoms with Gasteiger partial charge in [0.2, 0.25) is 11.8 Å². The van der Waals surface area contributed by atoms with Crippen LogP contribution in [0.5, 0.6) is 0 Å². The summed E-state index contributed by atoms with van der Waals surface area (Å²) >= 11 is 0. The van der Waals surface area contributed by atoms with Crippen LogP contribution in [-0.2, 0) is 14.3 Å². The monoisotopic (exact) mass is 348 g/mol. The standard InChI is InChI=1S/C19H25FN2O3/c20-15-9-7-14(8-10-15)19(16-5-4-12-25-16)21-17(23)13-22-11-3-1-2-6-18(22)24/h7-10,16,19H,1-6,11-13H2,(H,21,23)/t16-,19+/m1/s1. The number of hydrogen-bond acceptors (Lipinski definition) is 3. The summed E-state index contributed by atoms with van der Waals surface area (Å²) < 4.78 is 19.0. The summed E-state index contributed by atoms with van der Waals surface area (Å²) in [5.41, 5.74) is 0.823. The van der Waals surface area contributed by atoms with E-state index in [4.69, 9.17) is 4.74 Å². The molecule has 136 valence electrons. The average Bonchev–Trinajstić information content (AvgIpc) is 3.06. The maximum absolute atomic E-state index is 13.2. The van der Waals surface area contributed by atoms with E-state index in [-0.39, 0.29) is 36.3 Å². The molecule has 2 saturated heterocycles. The van der Waals surface area contributed by atoms with Gasteiger partial charge in [-0.3, -0.25) is 9.59 Å². The van der Waals surface area contributed by atoms with E-state index in [9.17, 15) is 14.0 Å². The van der Waals surface area contributed by atoms with Gasteiger partial charge >= 0.3 is 0 Å². The molecule has 1 N–H and O–H groups in total. The summed E-state index contributed by atoms with van der Waals surface area (Å²) in [5, 5.41) is 3.00. The summed E-state index contributed by atoms with van der Waals surface area (Å²) in [6.07, 6.45) is 5.05. The van der Waals surface area contributed by atoms with E-state index >= 15 is 0 Å². The smallest absolute Gasteiger partial charge is 0.240 e. The third-order valence-corrected chi connectivity index (χ3v) is 4.89. The van der Waals surface area contributed by atoms with Crippen molar-refractivity contribution < 1.29 is 18.7 Å². The largest absolute Gasteiger partial charge is 0.376 e. The second-order valence-corrected chi connectivity index (χ2v) is 6.77. The average molecular weight is 348 g/mol. The Labute approximate surface area is 147 Å². The van der Waals surface area contributed by atoms with Gasteiger partial charge in [0.25, 0.3) is 0 Å². The predicted octanol–water partition coefficient (Wildman–Crippen LogP) is 2.56. The molecule has 0 aliphatic carbocycles. The van der Waals surface area contributed by atoms with Crippen LogP contribution >= 0.6 is 0 Å². The van der Waals surface area contributed by atoms with Crippen molar-refractivity contribution in [3.63, 3.8) is 0 Å². The summed E-state index contributed by atoms with van der Waals surface area (Å²) in [4.78, 5) is 26.3. The molecule has 25 heavy (non-hydrogen) atoms. The van der Waals surface area contributed by atoms with Crippen molar-refractivity contribution in [2.45, 2.75) is 50.7 Å². The zero-order chi connectivity index (χ0) is 17.6. The van der Waals surface area contributed by atoms with Crippen molar-refractivity contribution in [1.29, 1.82) is 0 Å². The number of likely N-dealkylation sites (tertiary alicyclic amines) is 1. The van der Waals surface area contributed by atoms with Gasteiger partial charge in [0.1, 0.15) is 5.82 Å². The molecule has 0 radical (unpaired) electrons. The van der Waals surface area contributed by atoms with Gasteiger partial charge in [-0.1, -0.05) is 18.6 Å². The molecular weight excluding hydrogens is 323 g/mol. The number of hydrogen-bond donors (Lipinski definition) is 1. The van der Waals surface area contributed by atoms with Gasteiger partial charge in [-0.2, -0.15) is 0 Å². The van der Waals surface area contributed by atoms with E-state index in [0.29, 0.717) is 19.6 Å². The minimum atomic E-state index is -0.322. The van der Waals surface area contributed by atoms with Crippen LogP contribution in [-0.4, -0.2) is 42.5 Å². The van der Waals surface area contributed by atoms with Crippen LogP contribution in [0.1, 0.15) is 50.1 Å². The van der Waals surface area contributed by atoms with Crippen molar-refractivity contribution in [3.8, 4) is 0 Å². The Balaban J connectivity index is 1.67. The van der Waals surface area contributed by atoms with Crippen molar-refractivity contribution in [3.05, 3.63) is 35.6 Å². The third kappa shape index (κ3) is 4.78. The molecule has 2 fully saturated rings. The Morgan fingerprint density at radius 1 is 1.24 bits per heavy atom. The van der Waals surface area contributed by atoms with E-state index in [1.807, 2.05) is 0 Å². The van der Waals surface area contributed by atoms with Crippen molar-refractivity contribution >= 4 is 11.8 Å². The van der Waals surface area contributed by atoms with Crippen LogP contribution in [0, 0.1) is 5.82 Å². The number of nitrogens with one attached hydrogen (secondary N) is 1.